The lowest BCUT2D eigenvalue weighted by Crippen LogP contribution is -2.14. The van der Waals surface area contributed by atoms with Crippen molar-refractivity contribution in [2.45, 2.75) is 4.21 Å². The summed E-state index contributed by atoms with van der Waals surface area (Å²) in [4.78, 5) is 22.6. The highest BCUT2D eigenvalue weighted by Gasteiger charge is 2.10. The molecule has 1 amide bonds. The first-order valence-electron chi connectivity index (χ1n) is 5.55. The van der Waals surface area contributed by atoms with Gasteiger partial charge in [-0.15, -0.1) is 23.1 Å². The van der Waals surface area contributed by atoms with E-state index in [-0.39, 0.29) is 16.5 Å². The van der Waals surface area contributed by atoms with Crippen LogP contribution < -0.4 is 5.32 Å². The highest BCUT2D eigenvalue weighted by Crippen LogP contribution is 2.24. The van der Waals surface area contributed by atoms with Gasteiger partial charge >= 0.3 is 5.97 Å². The van der Waals surface area contributed by atoms with E-state index >= 15 is 0 Å². The van der Waals surface area contributed by atoms with Gasteiger partial charge < -0.3 is 10.4 Å². The van der Waals surface area contributed by atoms with E-state index in [0.717, 1.165) is 4.21 Å². The molecule has 0 bridgehead atoms. The summed E-state index contributed by atoms with van der Waals surface area (Å²) in [5, 5.41) is 13.6. The smallest absolute Gasteiger partial charge is 0.337 e. The fourth-order valence-corrected chi connectivity index (χ4v) is 3.29. The molecule has 2 rings (SSSR count). The third-order valence-electron chi connectivity index (χ3n) is 2.32. The van der Waals surface area contributed by atoms with Crippen molar-refractivity contribution >= 4 is 52.3 Å². The van der Waals surface area contributed by atoms with E-state index in [1.54, 1.807) is 11.3 Å². The largest absolute Gasteiger partial charge is 0.478 e. The van der Waals surface area contributed by atoms with Gasteiger partial charge in [0.25, 0.3) is 0 Å². The van der Waals surface area contributed by atoms with E-state index < -0.39 is 5.97 Å². The Hall–Kier alpha value is -1.50. The first-order chi connectivity index (χ1) is 9.56. The number of carboxylic acid groups (broad SMARTS) is 1. The molecule has 0 aliphatic heterocycles. The quantitative estimate of drug-likeness (QED) is 0.819. The molecular formula is C13H10ClNO3S2. The number of halogens is 1. The molecule has 0 aliphatic rings. The molecule has 1 aromatic heterocycles. The number of hydrogen-bond acceptors (Lipinski definition) is 4. The molecule has 0 aliphatic carbocycles. The van der Waals surface area contributed by atoms with Crippen molar-refractivity contribution < 1.29 is 14.7 Å². The Morgan fingerprint density at radius 2 is 2.15 bits per heavy atom. The lowest BCUT2D eigenvalue weighted by atomic mass is 10.2. The lowest BCUT2D eigenvalue weighted by Gasteiger charge is -2.06. The van der Waals surface area contributed by atoms with Crippen molar-refractivity contribution in [3.63, 3.8) is 0 Å². The fourth-order valence-electron chi connectivity index (χ4n) is 1.45. The lowest BCUT2D eigenvalue weighted by molar-refractivity contribution is -0.113. The van der Waals surface area contributed by atoms with Gasteiger partial charge in [0, 0.05) is 5.69 Å². The Labute approximate surface area is 128 Å². The zero-order valence-corrected chi connectivity index (χ0v) is 12.5. The number of carboxylic acids is 1. The van der Waals surface area contributed by atoms with Gasteiger partial charge in [-0.2, -0.15) is 0 Å². The topological polar surface area (TPSA) is 66.4 Å². The average molecular weight is 328 g/mol. The maximum Gasteiger partial charge on any atom is 0.337 e. The third-order valence-corrected chi connectivity index (χ3v) is 4.77. The number of carbonyl (C=O) groups excluding carboxylic acids is 1. The molecule has 0 saturated carbocycles. The van der Waals surface area contributed by atoms with E-state index in [9.17, 15) is 9.59 Å². The Bertz CT molecular complexity index is 629. The Kier molecular flexibility index (Phi) is 5.05. The second-order valence-corrected chi connectivity index (χ2v) is 6.40. The summed E-state index contributed by atoms with van der Waals surface area (Å²) in [5.74, 6) is -0.970. The van der Waals surface area contributed by atoms with Crippen molar-refractivity contribution in [1.29, 1.82) is 0 Å². The van der Waals surface area contributed by atoms with Crippen molar-refractivity contribution in [2.24, 2.45) is 0 Å². The number of anilines is 1. The summed E-state index contributed by atoms with van der Waals surface area (Å²) in [5.41, 5.74) is 0.495. The van der Waals surface area contributed by atoms with Crippen LogP contribution in [0.1, 0.15) is 10.4 Å². The minimum absolute atomic E-state index is 0.0117. The maximum atomic E-state index is 11.8. The number of amides is 1. The molecule has 2 N–H and O–H groups in total. The minimum atomic E-state index is -1.10. The van der Waals surface area contributed by atoms with Crippen LogP contribution in [0.4, 0.5) is 5.69 Å². The van der Waals surface area contributed by atoms with Gasteiger partial charge in [0.1, 0.15) is 0 Å². The molecule has 0 unspecified atom stereocenters. The van der Waals surface area contributed by atoms with Crippen molar-refractivity contribution in [2.75, 3.05) is 11.1 Å². The van der Waals surface area contributed by atoms with Crippen molar-refractivity contribution in [3.05, 3.63) is 46.3 Å². The summed E-state index contributed by atoms with van der Waals surface area (Å²) >= 11 is 8.85. The number of hydrogen-bond donors (Lipinski definition) is 2. The Morgan fingerprint density at radius 3 is 2.75 bits per heavy atom. The number of thiophene rings is 1. The number of rotatable bonds is 5. The number of thioether (sulfide) groups is 1. The highest BCUT2D eigenvalue weighted by atomic mass is 35.5. The van der Waals surface area contributed by atoms with Gasteiger partial charge in [0.15, 0.2) is 0 Å². The van der Waals surface area contributed by atoms with E-state index in [0.29, 0.717) is 11.4 Å². The molecule has 104 valence electrons. The molecule has 20 heavy (non-hydrogen) atoms. The summed E-state index contributed by atoms with van der Waals surface area (Å²) in [6.45, 7) is 0. The molecule has 7 heteroatoms. The minimum Gasteiger partial charge on any atom is -0.478 e. The SMILES string of the molecule is O=C(CSc1cccs1)Nc1ccc(C(=O)O)c(Cl)c1. The van der Waals surface area contributed by atoms with Gasteiger partial charge in [0.05, 0.1) is 20.5 Å². The predicted octanol–water partition coefficient (Wildman–Crippen LogP) is 3.83. The van der Waals surface area contributed by atoms with E-state index in [4.69, 9.17) is 16.7 Å². The molecule has 1 aromatic carbocycles. The second-order valence-electron chi connectivity index (χ2n) is 3.77. The zero-order valence-electron chi connectivity index (χ0n) is 10.1. The van der Waals surface area contributed by atoms with Crippen LogP contribution in [0.15, 0.2) is 39.9 Å². The third kappa shape index (κ3) is 4.00. The van der Waals surface area contributed by atoms with Crippen LogP contribution in [-0.4, -0.2) is 22.7 Å². The average Bonchev–Trinajstić information content (AvgIpc) is 2.89. The molecule has 0 spiro atoms. The van der Waals surface area contributed by atoms with Gasteiger partial charge in [-0.3, -0.25) is 4.79 Å². The van der Waals surface area contributed by atoms with Gasteiger partial charge in [-0.25, -0.2) is 4.79 Å². The van der Waals surface area contributed by atoms with Gasteiger partial charge in [-0.1, -0.05) is 17.7 Å². The molecule has 0 radical (unpaired) electrons. The van der Waals surface area contributed by atoms with Crippen LogP contribution in [-0.2, 0) is 4.79 Å². The van der Waals surface area contributed by atoms with Gasteiger partial charge in [0.2, 0.25) is 5.91 Å². The van der Waals surface area contributed by atoms with E-state index in [1.807, 2.05) is 17.5 Å². The summed E-state index contributed by atoms with van der Waals surface area (Å²) in [7, 11) is 0. The second kappa shape index (κ2) is 6.78. The fraction of sp³-hybridized carbons (Fsp3) is 0.0769. The molecule has 0 atom stereocenters. The molecular weight excluding hydrogens is 318 g/mol. The summed E-state index contributed by atoms with van der Waals surface area (Å²) in [6, 6.07) is 8.19. The number of nitrogens with one attached hydrogen (secondary N) is 1. The maximum absolute atomic E-state index is 11.8. The molecule has 2 aromatic rings. The molecule has 0 saturated heterocycles. The Balaban J connectivity index is 1.94. The molecule has 0 fully saturated rings. The van der Waals surface area contributed by atoms with Crippen LogP contribution in [0, 0.1) is 0 Å². The molecule has 4 nitrogen and oxygen atoms in total. The van der Waals surface area contributed by atoms with Crippen LogP contribution in [0.3, 0.4) is 0 Å². The van der Waals surface area contributed by atoms with E-state index in [1.165, 1.54) is 30.0 Å². The zero-order chi connectivity index (χ0) is 14.5. The predicted molar refractivity (Wildman–Crippen MR) is 82.1 cm³/mol. The molecule has 1 heterocycles. The normalized spacial score (nSPS) is 10.2. The summed E-state index contributed by atoms with van der Waals surface area (Å²) in [6.07, 6.45) is 0. The van der Waals surface area contributed by atoms with Crippen LogP contribution >= 0.6 is 34.7 Å². The van der Waals surface area contributed by atoms with Crippen molar-refractivity contribution in [1.82, 2.24) is 0 Å². The van der Waals surface area contributed by atoms with Crippen LogP contribution in [0.5, 0.6) is 0 Å². The van der Waals surface area contributed by atoms with Crippen LogP contribution in [0.25, 0.3) is 0 Å². The van der Waals surface area contributed by atoms with Gasteiger partial charge in [-0.05, 0) is 29.6 Å². The van der Waals surface area contributed by atoms with Crippen LogP contribution in [0.2, 0.25) is 5.02 Å². The number of benzene rings is 1. The standard InChI is InChI=1S/C13H10ClNO3S2/c14-10-6-8(3-4-9(10)13(17)18)15-11(16)7-20-12-2-1-5-19-12/h1-6H,7H2,(H,15,16)(H,17,18). The summed E-state index contributed by atoms with van der Waals surface area (Å²) < 4.78 is 1.07. The number of carbonyl (C=O) groups is 2. The van der Waals surface area contributed by atoms with Crippen molar-refractivity contribution in [3.8, 4) is 0 Å². The Morgan fingerprint density at radius 1 is 1.35 bits per heavy atom. The first kappa shape index (κ1) is 14.9. The first-order valence-corrected chi connectivity index (χ1v) is 7.79. The monoisotopic (exact) mass is 327 g/mol. The highest BCUT2D eigenvalue weighted by molar-refractivity contribution is 8.01. The number of aromatic carboxylic acids is 1. The van der Waals surface area contributed by atoms with E-state index in [2.05, 4.69) is 5.32 Å².